The van der Waals surface area contributed by atoms with Gasteiger partial charge in [0.05, 0.1) is 12.0 Å². The van der Waals surface area contributed by atoms with Crippen molar-refractivity contribution in [2.45, 2.75) is 25.3 Å². The molecule has 1 N–H and O–H groups in total. The number of nitrogens with one attached hydrogen (secondary N) is 1. The van der Waals surface area contributed by atoms with Crippen molar-refractivity contribution in [1.82, 2.24) is 5.32 Å². The molecule has 2 unspecified atom stereocenters. The van der Waals surface area contributed by atoms with Crippen LogP contribution in [-0.2, 0) is 11.2 Å². The van der Waals surface area contributed by atoms with E-state index in [-0.39, 0.29) is 17.9 Å². The molecule has 24 heavy (non-hydrogen) atoms. The summed E-state index contributed by atoms with van der Waals surface area (Å²) in [5, 5.41) is 3.97. The molecule has 3 nitrogen and oxygen atoms in total. The van der Waals surface area contributed by atoms with Crippen molar-refractivity contribution in [3.05, 3.63) is 64.7 Å². The molecule has 0 radical (unpaired) electrons. The highest BCUT2D eigenvalue weighted by Crippen LogP contribution is 2.41. The molecule has 0 aromatic heterocycles. The molecular formula is C20H20ClNO2. The van der Waals surface area contributed by atoms with Gasteiger partial charge in [0.2, 0.25) is 5.91 Å². The van der Waals surface area contributed by atoms with E-state index in [1.165, 1.54) is 0 Å². The monoisotopic (exact) mass is 341 g/mol. The number of hydrogen-bond donors (Lipinski definition) is 1. The van der Waals surface area contributed by atoms with E-state index in [4.69, 9.17) is 16.3 Å². The second kappa shape index (κ2) is 6.48. The van der Waals surface area contributed by atoms with Gasteiger partial charge in [0.1, 0.15) is 12.4 Å². The standard InChI is InChI=1S/C20H20ClNO2/c21-17-9-7-14(8-10-17)19(13-5-6-13)22-20(23)16-11-15-3-1-2-4-18(15)24-12-16/h1-4,7-10,13,16,19H,5-6,11-12H2,(H,22,23). The number of carbonyl (C=O) groups is 1. The Bertz CT molecular complexity index is 740. The van der Waals surface area contributed by atoms with Gasteiger partial charge in [-0.25, -0.2) is 0 Å². The first-order valence-electron chi connectivity index (χ1n) is 8.47. The van der Waals surface area contributed by atoms with E-state index in [0.717, 1.165) is 41.2 Å². The maximum Gasteiger partial charge on any atom is 0.227 e. The molecule has 1 amide bonds. The number of rotatable bonds is 4. The maximum atomic E-state index is 12.8. The summed E-state index contributed by atoms with van der Waals surface area (Å²) in [6.07, 6.45) is 3.06. The summed E-state index contributed by atoms with van der Waals surface area (Å²) in [4.78, 5) is 12.8. The number of halogens is 1. The molecular weight excluding hydrogens is 322 g/mol. The summed E-state index contributed by atoms with van der Waals surface area (Å²) < 4.78 is 5.76. The minimum Gasteiger partial charge on any atom is -0.492 e. The highest BCUT2D eigenvalue weighted by Gasteiger charge is 2.35. The summed E-state index contributed by atoms with van der Waals surface area (Å²) in [7, 11) is 0. The number of amides is 1. The molecule has 1 aliphatic heterocycles. The van der Waals surface area contributed by atoms with Gasteiger partial charge in [0.15, 0.2) is 0 Å². The average Bonchev–Trinajstić information content (AvgIpc) is 3.45. The van der Waals surface area contributed by atoms with Crippen LogP contribution >= 0.6 is 11.6 Å². The lowest BCUT2D eigenvalue weighted by molar-refractivity contribution is -0.127. The lowest BCUT2D eigenvalue weighted by atomic mass is 9.94. The van der Waals surface area contributed by atoms with Gasteiger partial charge in [-0.1, -0.05) is 41.9 Å². The molecule has 0 spiro atoms. The minimum atomic E-state index is -0.131. The van der Waals surface area contributed by atoms with Crippen LogP contribution in [0.2, 0.25) is 5.02 Å². The molecule has 0 saturated heterocycles. The first-order chi connectivity index (χ1) is 11.7. The molecule has 2 aromatic rings. The third-order valence-corrected chi connectivity index (χ3v) is 5.12. The number of benzene rings is 2. The van der Waals surface area contributed by atoms with Gasteiger partial charge in [0.25, 0.3) is 0 Å². The number of carbonyl (C=O) groups excluding carboxylic acids is 1. The van der Waals surface area contributed by atoms with Gasteiger partial charge in [-0.3, -0.25) is 4.79 Å². The second-order valence-corrected chi connectivity index (χ2v) is 7.13. The Morgan fingerprint density at radius 1 is 1.12 bits per heavy atom. The Hall–Kier alpha value is -2.00. The summed E-state index contributed by atoms with van der Waals surface area (Å²) >= 11 is 5.98. The number of ether oxygens (including phenoxy) is 1. The van der Waals surface area contributed by atoms with Gasteiger partial charge in [-0.2, -0.15) is 0 Å². The Morgan fingerprint density at radius 2 is 1.88 bits per heavy atom. The summed E-state index contributed by atoms with van der Waals surface area (Å²) in [6.45, 7) is 0.445. The van der Waals surface area contributed by atoms with Crippen LogP contribution in [-0.4, -0.2) is 12.5 Å². The van der Waals surface area contributed by atoms with E-state index in [0.29, 0.717) is 12.5 Å². The van der Waals surface area contributed by atoms with Crippen LogP contribution in [0.3, 0.4) is 0 Å². The molecule has 4 rings (SSSR count). The zero-order valence-electron chi connectivity index (χ0n) is 13.4. The SMILES string of the molecule is O=C(NC(c1ccc(Cl)cc1)C1CC1)C1COc2ccccc2C1. The fourth-order valence-electron chi connectivity index (χ4n) is 3.34. The van der Waals surface area contributed by atoms with Crippen LogP contribution in [0, 0.1) is 11.8 Å². The van der Waals surface area contributed by atoms with E-state index in [9.17, 15) is 4.79 Å². The van der Waals surface area contributed by atoms with Crippen molar-refractivity contribution >= 4 is 17.5 Å². The van der Waals surface area contributed by atoms with Gasteiger partial charge >= 0.3 is 0 Å². The summed E-state index contributed by atoms with van der Waals surface area (Å²) in [6, 6.07) is 15.8. The first-order valence-corrected chi connectivity index (χ1v) is 8.85. The first kappa shape index (κ1) is 15.5. The Labute approximate surface area is 147 Å². The Balaban J connectivity index is 1.47. The lowest BCUT2D eigenvalue weighted by Crippen LogP contribution is -2.39. The van der Waals surface area contributed by atoms with Crippen molar-refractivity contribution < 1.29 is 9.53 Å². The van der Waals surface area contributed by atoms with E-state index < -0.39 is 0 Å². The maximum absolute atomic E-state index is 12.8. The van der Waals surface area contributed by atoms with Gasteiger partial charge in [0, 0.05) is 5.02 Å². The van der Waals surface area contributed by atoms with Crippen molar-refractivity contribution in [2.75, 3.05) is 6.61 Å². The van der Waals surface area contributed by atoms with Crippen molar-refractivity contribution in [3.63, 3.8) is 0 Å². The molecule has 1 fully saturated rings. The predicted molar refractivity (Wildman–Crippen MR) is 94.2 cm³/mol. The second-order valence-electron chi connectivity index (χ2n) is 6.70. The topological polar surface area (TPSA) is 38.3 Å². The van der Waals surface area contributed by atoms with Crippen LogP contribution in [0.25, 0.3) is 0 Å². The quantitative estimate of drug-likeness (QED) is 0.906. The molecule has 2 aliphatic rings. The zero-order chi connectivity index (χ0) is 16.5. The van der Waals surface area contributed by atoms with Crippen LogP contribution in [0.5, 0.6) is 5.75 Å². The van der Waals surface area contributed by atoms with Crippen molar-refractivity contribution in [3.8, 4) is 5.75 Å². The molecule has 4 heteroatoms. The number of hydrogen-bond acceptors (Lipinski definition) is 2. The Morgan fingerprint density at radius 3 is 2.62 bits per heavy atom. The van der Waals surface area contributed by atoms with Crippen molar-refractivity contribution in [2.24, 2.45) is 11.8 Å². The smallest absolute Gasteiger partial charge is 0.227 e. The molecule has 124 valence electrons. The van der Waals surface area contributed by atoms with Crippen LogP contribution < -0.4 is 10.1 Å². The summed E-state index contributed by atoms with van der Waals surface area (Å²) in [5.41, 5.74) is 2.24. The van der Waals surface area contributed by atoms with Gasteiger partial charge in [-0.05, 0) is 54.5 Å². The molecule has 0 bridgehead atoms. The van der Waals surface area contributed by atoms with Crippen molar-refractivity contribution in [1.29, 1.82) is 0 Å². The largest absolute Gasteiger partial charge is 0.492 e. The molecule has 1 heterocycles. The number of fused-ring (bicyclic) bond motifs is 1. The highest BCUT2D eigenvalue weighted by molar-refractivity contribution is 6.30. The van der Waals surface area contributed by atoms with E-state index in [1.54, 1.807) is 0 Å². The molecule has 2 atom stereocenters. The van der Waals surface area contributed by atoms with E-state index in [2.05, 4.69) is 5.32 Å². The van der Waals surface area contributed by atoms with Gasteiger partial charge < -0.3 is 10.1 Å². The number of para-hydroxylation sites is 1. The molecule has 1 saturated carbocycles. The highest BCUT2D eigenvalue weighted by atomic mass is 35.5. The minimum absolute atomic E-state index is 0.0759. The zero-order valence-corrected chi connectivity index (χ0v) is 14.1. The third-order valence-electron chi connectivity index (χ3n) is 4.87. The Kier molecular flexibility index (Phi) is 4.19. The van der Waals surface area contributed by atoms with E-state index >= 15 is 0 Å². The van der Waals surface area contributed by atoms with Crippen LogP contribution in [0.15, 0.2) is 48.5 Å². The van der Waals surface area contributed by atoms with Gasteiger partial charge in [-0.15, -0.1) is 0 Å². The molecule has 2 aromatic carbocycles. The average molecular weight is 342 g/mol. The fraction of sp³-hybridized carbons (Fsp3) is 0.350. The fourth-order valence-corrected chi connectivity index (χ4v) is 3.47. The van der Waals surface area contributed by atoms with Crippen LogP contribution in [0.1, 0.15) is 30.0 Å². The van der Waals surface area contributed by atoms with Crippen LogP contribution in [0.4, 0.5) is 0 Å². The predicted octanol–water partition coefficient (Wildman–Crippen LogP) is 4.16. The lowest BCUT2D eigenvalue weighted by Gasteiger charge is -2.27. The van der Waals surface area contributed by atoms with E-state index in [1.807, 2.05) is 48.5 Å². The normalized spacial score (nSPS) is 20.6. The summed E-state index contributed by atoms with van der Waals surface area (Å²) in [5.74, 6) is 1.38. The third kappa shape index (κ3) is 3.27. The molecule has 1 aliphatic carbocycles.